The molecule has 37 heavy (non-hydrogen) atoms. The summed E-state index contributed by atoms with van der Waals surface area (Å²) in [6.07, 6.45) is -0.765. The van der Waals surface area contributed by atoms with Gasteiger partial charge >= 0.3 is 12.1 Å². The molecule has 196 valence electrons. The molecule has 8 heteroatoms. The van der Waals surface area contributed by atoms with Gasteiger partial charge in [-0.05, 0) is 86.8 Å². The van der Waals surface area contributed by atoms with Gasteiger partial charge in [0.1, 0.15) is 11.4 Å². The van der Waals surface area contributed by atoms with Crippen LogP contribution in [-0.2, 0) is 16.0 Å². The minimum Gasteiger partial charge on any atom is -0.444 e. The first kappa shape index (κ1) is 28.6. The Balaban J connectivity index is 1.63. The third-order valence-corrected chi connectivity index (χ3v) is 6.44. The summed E-state index contributed by atoms with van der Waals surface area (Å²) in [6, 6.07) is 22.4. The van der Waals surface area contributed by atoms with E-state index in [-0.39, 0.29) is 12.5 Å². The van der Waals surface area contributed by atoms with Crippen molar-refractivity contribution in [2.75, 3.05) is 13.1 Å². The van der Waals surface area contributed by atoms with E-state index in [1.165, 1.54) is 11.8 Å². The molecule has 0 saturated heterocycles. The zero-order chi connectivity index (χ0) is 27.0. The third kappa shape index (κ3) is 9.76. The van der Waals surface area contributed by atoms with Crippen molar-refractivity contribution in [1.29, 1.82) is 0 Å². The molecule has 0 spiro atoms. The van der Waals surface area contributed by atoms with Crippen molar-refractivity contribution in [1.82, 2.24) is 4.90 Å². The molecule has 0 fully saturated rings. The molecule has 0 heterocycles. The lowest BCUT2D eigenvalue weighted by Gasteiger charge is -2.29. The summed E-state index contributed by atoms with van der Waals surface area (Å²) >= 11 is 7.67. The Hall–Kier alpha value is -3.00. The van der Waals surface area contributed by atoms with E-state index in [0.29, 0.717) is 29.3 Å². The van der Waals surface area contributed by atoms with E-state index in [4.69, 9.17) is 21.1 Å². The Labute approximate surface area is 227 Å². The number of aliphatic hydroxyl groups is 1. The van der Waals surface area contributed by atoms with Crippen LogP contribution in [0.5, 0.6) is 5.75 Å². The Morgan fingerprint density at radius 1 is 1.00 bits per heavy atom. The highest BCUT2D eigenvalue weighted by Gasteiger charge is 2.24. The Morgan fingerprint density at radius 3 is 2.19 bits per heavy atom. The molecule has 3 rings (SSSR count). The van der Waals surface area contributed by atoms with Gasteiger partial charge in [-0.3, -0.25) is 4.79 Å². The second-order valence-electron chi connectivity index (χ2n) is 9.56. The predicted molar refractivity (Wildman–Crippen MR) is 146 cm³/mol. The number of hydrogen-bond acceptors (Lipinski definition) is 6. The fraction of sp³-hybridized carbons (Fsp3) is 0.310. The van der Waals surface area contributed by atoms with Gasteiger partial charge in [0.05, 0.1) is 12.6 Å². The maximum atomic E-state index is 12.9. The van der Waals surface area contributed by atoms with Crippen molar-refractivity contribution in [3.63, 3.8) is 0 Å². The molecule has 0 aliphatic heterocycles. The highest BCUT2D eigenvalue weighted by molar-refractivity contribution is 7.99. The average Bonchev–Trinajstić information content (AvgIpc) is 2.82. The molecule has 0 bridgehead atoms. The normalized spacial score (nSPS) is 12.1. The highest BCUT2D eigenvalue weighted by Crippen LogP contribution is 2.29. The quantitative estimate of drug-likeness (QED) is 0.234. The molecule has 0 aliphatic carbocycles. The van der Waals surface area contributed by atoms with Gasteiger partial charge in [0.15, 0.2) is 0 Å². The number of benzene rings is 3. The van der Waals surface area contributed by atoms with Crippen LogP contribution in [-0.4, -0.2) is 40.8 Å². The van der Waals surface area contributed by atoms with Crippen molar-refractivity contribution in [2.24, 2.45) is 0 Å². The SMILES string of the molecule is CC(=O)Oc1ccc(Sc2ccc(CCN(C[C@@H](O)c3cccc(Cl)c3)C(=O)OC(C)(C)C)cc2)cc1. The predicted octanol–water partition coefficient (Wildman–Crippen LogP) is 6.93. The number of nitrogens with zero attached hydrogens (tertiary/aromatic N) is 1. The number of rotatable bonds is 9. The van der Waals surface area contributed by atoms with Crippen LogP contribution in [0, 0.1) is 0 Å². The summed E-state index contributed by atoms with van der Waals surface area (Å²) in [4.78, 5) is 27.6. The standard InChI is InChI=1S/C29H32ClNO5S/c1-20(32)35-24-10-14-26(15-11-24)37-25-12-8-21(9-13-25)16-17-31(28(34)36-29(2,3)4)19-27(33)22-6-5-7-23(30)18-22/h5-15,18,27,33H,16-17,19H2,1-4H3/t27-/m1/s1. The first-order valence-electron chi connectivity index (χ1n) is 12.0. The molecule has 0 aliphatic rings. The Bertz CT molecular complexity index is 1190. The van der Waals surface area contributed by atoms with Crippen LogP contribution in [0.1, 0.15) is 44.9 Å². The minimum absolute atomic E-state index is 0.0898. The number of carbonyl (C=O) groups excluding carboxylic acids is 2. The summed E-state index contributed by atoms with van der Waals surface area (Å²) in [5.74, 6) is 0.169. The smallest absolute Gasteiger partial charge is 0.410 e. The van der Waals surface area contributed by atoms with Crippen molar-refractivity contribution in [3.05, 3.63) is 88.9 Å². The first-order valence-corrected chi connectivity index (χ1v) is 13.1. The second-order valence-corrected chi connectivity index (χ2v) is 11.1. The van der Waals surface area contributed by atoms with Gasteiger partial charge in [0, 0.05) is 28.3 Å². The van der Waals surface area contributed by atoms with Gasteiger partial charge in [0.2, 0.25) is 0 Å². The summed E-state index contributed by atoms with van der Waals surface area (Å²) in [5, 5.41) is 11.3. The van der Waals surface area contributed by atoms with Crippen molar-refractivity contribution >= 4 is 35.4 Å². The molecule has 3 aromatic rings. The first-order chi connectivity index (χ1) is 17.5. The summed E-state index contributed by atoms with van der Waals surface area (Å²) in [7, 11) is 0. The molecule has 1 atom stereocenters. The van der Waals surface area contributed by atoms with E-state index in [0.717, 1.165) is 15.4 Å². The highest BCUT2D eigenvalue weighted by atomic mass is 35.5. The van der Waals surface area contributed by atoms with E-state index in [1.54, 1.807) is 48.2 Å². The number of aliphatic hydroxyl groups excluding tert-OH is 1. The molecule has 3 aromatic carbocycles. The number of esters is 1. The zero-order valence-electron chi connectivity index (χ0n) is 21.4. The van der Waals surface area contributed by atoms with Crippen LogP contribution in [0.25, 0.3) is 0 Å². The molecular weight excluding hydrogens is 510 g/mol. The topological polar surface area (TPSA) is 76.1 Å². The number of ether oxygens (including phenoxy) is 2. The van der Waals surface area contributed by atoms with Crippen molar-refractivity contribution in [2.45, 2.75) is 55.6 Å². The average molecular weight is 542 g/mol. The lowest BCUT2D eigenvalue weighted by Crippen LogP contribution is -2.40. The maximum Gasteiger partial charge on any atom is 0.410 e. The summed E-state index contributed by atoms with van der Waals surface area (Å²) in [5.41, 5.74) is 1.05. The van der Waals surface area contributed by atoms with E-state index in [9.17, 15) is 14.7 Å². The van der Waals surface area contributed by atoms with Gasteiger partial charge in [-0.15, -0.1) is 0 Å². The van der Waals surface area contributed by atoms with Gasteiger partial charge in [-0.2, -0.15) is 0 Å². The second kappa shape index (κ2) is 13.0. The van der Waals surface area contributed by atoms with E-state index >= 15 is 0 Å². The largest absolute Gasteiger partial charge is 0.444 e. The molecule has 1 amide bonds. The van der Waals surface area contributed by atoms with Gasteiger partial charge in [-0.1, -0.05) is 47.6 Å². The van der Waals surface area contributed by atoms with Crippen molar-refractivity contribution < 1.29 is 24.2 Å². The van der Waals surface area contributed by atoms with E-state index in [2.05, 4.69) is 0 Å². The lowest BCUT2D eigenvalue weighted by atomic mass is 10.1. The van der Waals surface area contributed by atoms with Crippen LogP contribution < -0.4 is 4.74 Å². The minimum atomic E-state index is -0.891. The molecule has 0 unspecified atom stereocenters. The Kier molecular flexibility index (Phi) is 10.0. The molecular formula is C29H32ClNO5S. The fourth-order valence-corrected chi connectivity index (χ4v) is 4.49. The maximum absolute atomic E-state index is 12.9. The number of halogens is 1. The Morgan fingerprint density at radius 2 is 1.62 bits per heavy atom. The van der Waals surface area contributed by atoms with Crippen LogP contribution in [0.3, 0.4) is 0 Å². The van der Waals surface area contributed by atoms with Crippen molar-refractivity contribution in [3.8, 4) is 5.75 Å². The zero-order valence-corrected chi connectivity index (χ0v) is 23.0. The van der Waals surface area contributed by atoms with Crippen LogP contribution >= 0.6 is 23.4 Å². The molecule has 0 saturated carbocycles. The number of amides is 1. The van der Waals surface area contributed by atoms with E-state index < -0.39 is 17.8 Å². The molecule has 6 nitrogen and oxygen atoms in total. The number of carbonyl (C=O) groups is 2. The number of hydrogen-bond donors (Lipinski definition) is 1. The molecule has 0 radical (unpaired) electrons. The van der Waals surface area contributed by atoms with Gasteiger partial charge in [-0.25, -0.2) is 4.79 Å². The molecule has 0 aromatic heterocycles. The van der Waals surface area contributed by atoms with Crippen LogP contribution in [0.4, 0.5) is 4.79 Å². The summed E-state index contributed by atoms with van der Waals surface area (Å²) in [6.45, 7) is 7.30. The van der Waals surface area contributed by atoms with E-state index in [1.807, 2.05) is 57.2 Å². The van der Waals surface area contributed by atoms with Gasteiger partial charge in [0.25, 0.3) is 0 Å². The van der Waals surface area contributed by atoms with Crippen LogP contribution in [0.15, 0.2) is 82.6 Å². The van der Waals surface area contributed by atoms with Crippen LogP contribution in [0.2, 0.25) is 5.02 Å². The fourth-order valence-electron chi connectivity index (χ4n) is 3.48. The third-order valence-electron chi connectivity index (χ3n) is 5.19. The monoisotopic (exact) mass is 541 g/mol. The van der Waals surface area contributed by atoms with Gasteiger partial charge < -0.3 is 19.5 Å². The summed E-state index contributed by atoms with van der Waals surface area (Å²) < 4.78 is 10.7. The molecule has 1 N–H and O–H groups in total. The lowest BCUT2D eigenvalue weighted by molar-refractivity contribution is -0.131.